The van der Waals surface area contributed by atoms with E-state index in [1.807, 2.05) is 6.92 Å². The van der Waals surface area contributed by atoms with E-state index in [0.717, 1.165) is 5.82 Å². The lowest BCUT2D eigenvalue weighted by molar-refractivity contribution is 0.0956. The first-order chi connectivity index (χ1) is 11.8. The van der Waals surface area contributed by atoms with Crippen LogP contribution in [-0.2, 0) is 10.0 Å². The lowest BCUT2D eigenvalue weighted by Gasteiger charge is -2.19. The van der Waals surface area contributed by atoms with Crippen molar-refractivity contribution in [3.8, 4) is 0 Å². The highest BCUT2D eigenvalue weighted by molar-refractivity contribution is 7.99. The summed E-state index contributed by atoms with van der Waals surface area (Å²) in [7, 11) is -1.88. The second-order valence-electron chi connectivity index (χ2n) is 5.23. The highest BCUT2D eigenvalue weighted by atomic mass is 32.2. The molecule has 1 heterocycles. The van der Waals surface area contributed by atoms with Gasteiger partial charge in [-0.25, -0.2) is 13.4 Å². The Bertz CT molecular complexity index is 835. The molecule has 0 saturated heterocycles. The van der Waals surface area contributed by atoms with E-state index in [2.05, 4.69) is 20.5 Å². The van der Waals surface area contributed by atoms with Crippen LogP contribution in [0.4, 0.5) is 5.69 Å². The van der Waals surface area contributed by atoms with Crippen LogP contribution in [-0.4, -0.2) is 54.6 Å². The Balaban J connectivity index is 1.92. The molecule has 8 nitrogen and oxygen atoms in total. The first kappa shape index (κ1) is 19.3. The number of benzene rings is 1. The van der Waals surface area contributed by atoms with Gasteiger partial charge in [-0.2, -0.15) is 0 Å². The van der Waals surface area contributed by atoms with Gasteiger partial charge in [-0.05, 0) is 32.0 Å². The van der Waals surface area contributed by atoms with Gasteiger partial charge in [-0.1, -0.05) is 17.8 Å². The molecule has 0 aliphatic rings. The summed E-state index contributed by atoms with van der Waals surface area (Å²) >= 11 is 1.44. The number of anilines is 1. The van der Waals surface area contributed by atoms with Crippen LogP contribution in [0.25, 0.3) is 0 Å². The number of aromatic nitrogens is 3. The first-order valence-electron chi connectivity index (χ1n) is 7.70. The van der Waals surface area contributed by atoms with Gasteiger partial charge in [-0.3, -0.25) is 14.2 Å². The van der Waals surface area contributed by atoms with Crippen molar-refractivity contribution in [3.63, 3.8) is 0 Å². The van der Waals surface area contributed by atoms with Gasteiger partial charge in [0.05, 0.1) is 11.4 Å². The number of sulfonamides is 1. The molecule has 0 unspecified atom stereocenters. The maximum atomic E-state index is 12.2. The van der Waals surface area contributed by atoms with Gasteiger partial charge < -0.3 is 5.32 Å². The Labute approximate surface area is 151 Å². The van der Waals surface area contributed by atoms with Crippen LogP contribution < -0.4 is 9.62 Å². The number of H-pyrrole nitrogens is 1. The van der Waals surface area contributed by atoms with Gasteiger partial charge in [-0.15, -0.1) is 5.10 Å². The summed E-state index contributed by atoms with van der Waals surface area (Å²) in [6.07, 6.45) is 0. The highest BCUT2D eigenvalue weighted by Gasteiger charge is 2.17. The Morgan fingerprint density at radius 3 is 2.80 bits per heavy atom. The summed E-state index contributed by atoms with van der Waals surface area (Å²) in [6.45, 7) is 3.85. The molecule has 0 radical (unpaired) electrons. The zero-order chi connectivity index (χ0) is 18.4. The molecule has 1 amide bonds. The minimum Gasteiger partial charge on any atom is -0.351 e. The van der Waals surface area contributed by atoms with Crippen molar-refractivity contribution < 1.29 is 13.2 Å². The number of hydrogen-bond donors (Lipinski definition) is 2. The average Bonchev–Trinajstić information content (AvgIpc) is 3.03. The van der Waals surface area contributed by atoms with E-state index in [4.69, 9.17) is 0 Å². The average molecular weight is 383 g/mol. The van der Waals surface area contributed by atoms with Crippen molar-refractivity contribution in [3.05, 3.63) is 35.7 Å². The second kappa shape index (κ2) is 8.34. The lowest BCUT2D eigenvalue weighted by atomic mass is 10.2. The molecule has 0 aliphatic heterocycles. The Hall–Kier alpha value is -2.07. The summed E-state index contributed by atoms with van der Waals surface area (Å²) in [5.74, 6) is 1.12. The van der Waals surface area contributed by atoms with Crippen LogP contribution in [0.1, 0.15) is 23.1 Å². The third kappa shape index (κ3) is 5.20. The number of aryl methyl sites for hydroxylation is 1. The molecule has 136 valence electrons. The minimum absolute atomic E-state index is 0.00214. The molecule has 0 saturated carbocycles. The van der Waals surface area contributed by atoms with E-state index in [9.17, 15) is 13.2 Å². The molecule has 2 aromatic rings. The summed E-state index contributed by atoms with van der Waals surface area (Å²) in [6, 6.07) is 6.54. The van der Waals surface area contributed by atoms with Crippen LogP contribution in [0, 0.1) is 6.92 Å². The first-order valence-corrected chi connectivity index (χ1v) is 10.3. The van der Waals surface area contributed by atoms with Crippen LogP contribution in [0.2, 0.25) is 0 Å². The molecule has 10 heteroatoms. The maximum absolute atomic E-state index is 12.2. The number of amides is 1. The second-order valence-corrected chi connectivity index (χ2v) is 8.58. The molecular formula is C15H21N5O3S2. The number of nitrogens with zero attached hydrogens (tertiary/aromatic N) is 3. The predicted molar refractivity (Wildman–Crippen MR) is 98.5 cm³/mol. The molecule has 1 aromatic carbocycles. The number of hydrogen-bond acceptors (Lipinski definition) is 6. The third-order valence-electron chi connectivity index (χ3n) is 3.45. The molecular weight excluding hydrogens is 362 g/mol. The van der Waals surface area contributed by atoms with Gasteiger partial charge in [0.25, 0.3) is 5.91 Å². The van der Waals surface area contributed by atoms with E-state index in [1.54, 1.807) is 31.2 Å². The molecule has 25 heavy (non-hydrogen) atoms. The molecule has 2 N–H and O–H groups in total. The normalized spacial score (nSPS) is 11.3. The fourth-order valence-electron chi connectivity index (χ4n) is 1.99. The smallest absolute Gasteiger partial charge is 0.251 e. The van der Waals surface area contributed by atoms with Gasteiger partial charge in [0.15, 0.2) is 0 Å². The van der Waals surface area contributed by atoms with Crippen LogP contribution in [0.15, 0.2) is 29.4 Å². The maximum Gasteiger partial charge on any atom is 0.251 e. The topological polar surface area (TPSA) is 108 Å². The monoisotopic (exact) mass is 383 g/mol. The number of nitrogens with one attached hydrogen (secondary N) is 2. The molecule has 0 fully saturated rings. The molecule has 0 spiro atoms. The largest absolute Gasteiger partial charge is 0.351 e. The van der Waals surface area contributed by atoms with E-state index in [-0.39, 0.29) is 11.7 Å². The number of carbonyl (C=O) groups excluding carboxylic acids is 1. The van der Waals surface area contributed by atoms with E-state index >= 15 is 0 Å². The van der Waals surface area contributed by atoms with Crippen molar-refractivity contribution in [1.29, 1.82) is 0 Å². The zero-order valence-corrected chi connectivity index (χ0v) is 15.9. The summed E-state index contributed by atoms with van der Waals surface area (Å²) in [4.78, 5) is 16.4. The van der Waals surface area contributed by atoms with Gasteiger partial charge in [0.1, 0.15) is 5.82 Å². The summed E-state index contributed by atoms with van der Waals surface area (Å²) in [5, 5.41) is 10.2. The van der Waals surface area contributed by atoms with Crippen LogP contribution >= 0.6 is 11.8 Å². The van der Waals surface area contributed by atoms with E-state index in [1.165, 1.54) is 23.1 Å². The van der Waals surface area contributed by atoms with Gasteiger partial charge in [0, 0.05) is 24.9 Å². The van der Waals surface area contributed by atoms with Crippen LogP contribution in [0.3, 0.4) is 0 Å². The van der Waals surface area contributed by atoms with Crippen molar-refractivity contribution in [1.82, 2.24) is 20.5 Å². The predicted octanol–water partition coefficient (Wildman–Crippen LogP) is 1.42. The SMILES string of the molecule is CCS(=O)(=O)N(C)c1cccc(C(=O)NCCSc2n[nH]c(C)n2)c1. The summed E-state index contributed by atoms with van der Waals surface area (Å²) in [5.41, 5.74) is 0.870. The van der Waals surface area contributed by atoms with Crippen molar-refractivity contribution in [2.45, 2.75) is 19.0 Å². The fourth-order valence-corrected chi connectivity index (χ4v) is 3.51. The Kier molecular flexibility index (Phi) is 6.43. The summed E-state index contributed by atoms with van der Waals surface area (Å²) < 4.78 is 25.1. The molecule has 0 aliphatic carbocycles. The lowest BCUT2D eigenvalue weighted by Crippen LogP contribution is -2.29. The molecule has 2 rings (SSSR count). The molecule has 0 atom stereocenters. The van der Waals surface area contributed by atoms with Gasteiger partial charge in [0.2, 0.25) is 15.2 Å². The fraction of sp³-hybridized carbons (Fsp3) is 0.400. The number of aromatic amines is 1. The third-order valence-corrected chi connectivity index (χ3v) is 6.07. The van der Waals surface area contributed by atoms with Crippen LogP contribution in [0.5, 0.6) is 0 Å². The number of carbonyl (C=O) groups is 1. The quantitative estimate of drug-likeness (QED) is 0.527. The highest BCUT2D eigenvalue weighted by Crippen LogP contribution is 2.18. The molecule has 1 aromatic heterocycles. The molecule has 0 bridgehead atoms. The van der Waals surface area contributed by atoms with Crippen molar-refractivity contribution in [2.24, 2.45) is 0 Å². The van der Waals surface area contributed by atoms with Crippen molar-refractivity contribution in [2.75, 3.05) is 29.4 Å². The number of thioether (sulfide) groups is 1. The van der Waals surface area contributed by atoms with E-state index < -0.39 is 10.0 Å². The minimum atomic E-state index is -3.36. The Morgan fingerprint density at radius 1 is 1.40 bits per heavy atom. The van der Waals surface area contributed by atoms with Crippen molar-refractivity contribution >= 4 is 33.4 Å². The Morgan fingerprint density at radius 2 is 2.16 bits per heavy atom. The number of rotatable bonds is 8. The zero-order valence-electron chi connectivity index (χ0n) is 14.3. The standard InChI is InChI=1S/C15H21N5O3S2/c1-4-25(22,23)20(3)13-7-5-6-12(10-13)14(21)16-8-9-24-15-17-11(2)18-19-15/h5-7,10H,4,8-9H2,1-3H3,(H,16,21)(H,17,18,19). The van der Waals surface area contributed by atoms with Gasteiger partial charge >= 0.3 is 0 Å². The van der Waals surface area contributed by atoms with E-state index in [0.29, 0.717) is 28.7 Å².